The Kier molecular flexibility index (Phi) is 7.72. The molecular weight excluding hydrogens is 266 g/mol. The lowest BCUT2D eigenvalue weighted by Crippen LogP contribution is -2.40. The topological polar surface area (TPSA) is 43.9 Å². The van der Waals surface area contributed by atoms with Gasteiger partial charge in [0.25, 0.3) is 0 Å². The molecule has 1 fully saturated rings. The van der Waals surface area contributed by atoms with Crippen LogP contribution >= 0.6 is 0 Å². The largest absolute Gasteiger partial charge is 0.343 e. The zero-order chi connectivity index (χ0) is 15.8. The summed E-state index contributed by atoms with van der Waals surface area (Å²) in [6.45, 7) is 7.82. The molecule has 21 heavy (non-hydrogen) atoms. The van der Waals surface area contributed by atoms with Gasteiger partial charge in [-0.1, -0.05) is 6.92 Å². The third kappa shape index (κ3) is 6.93. The fraction of sp³-hybridized carbons (Fsp3) is 0.875. The van der Waals surface area contributed by atoms with Crippen molar-refractivity contribution in [3.8, 4) is 0 Å². The molecule has 1 saturated heterocycles. The third-order valence-electron chi connectivity index (χ3n) is 4.21. The van der Waals surface area contributed by atoms with Crippen LogP contribution in [0.3, 0.4) is 0 Å². The zero-order valence-electron chi connectivity index (χ0n) is 14.1. The SMILES string of the molecule is CC(=O)N(CCCN(C)C)CCC(=O)N1CCC(C)CC1. The molecular formula is C16H31N3O2. The fourth-order valence-corrected chi connectivity index (χ4v) is 2.65. The Bertz CT molecular complexity index is 336. The fourth-order valence-electron chi connectivity index (χ4n) is 2.65. The number of hydrogen-bond acceptors (Lipinski definition) is 3. The molecule has 0 bridgehead atoms. The molecule has 0 aromatic rings. The predicted octanol–water partition coefficient (Wildman–Crippen LogP) is 1.44. The summed E-state index contributed by atoms with van der Waals surface area (Å²) >= 11 is 0. The Balaban J connectivity index is 2.31. The normalized spacial score (nSPS) is 16.3. The van der Waals surface area contributed by atoms with Crippen molar-refractivity contribution in [1.82, 2.24) is 14.7 Å². The van der Waals surface area contributed by atoms with Crippen LogP contribution in [0.5, 0.6) is 0 Å². The molecule has 0 spiro atoms. The van der Waals surface area contributed by atoms with Crippen LogP contribution in [0.25, 0.3) is 0 Å². The van der Waals surface area contributed by atoms with Gasteiger partial charge in [-0.25, -0.2) is 0 Å². The molecule has 5 heteroatoms. The van der Waals surface area contributed by atoms with E-state index in [1.807, 2.05) is 19.0 Å². The molecule has 1 aliphatic heterocycles. The summed E-state index contributed by atoms with van der Waals surface area (Å²) in [7, 11) is 4.05. The monoisotopic (exact) mass is 297 g/mol. The minimum absolute atomic E-state index is 0.0637. The van der Waals surface area contributed by atoms with Crippen LogP contribution < -0.4 is 0 Å². The van der Waals surface area contributed by atoms with Crippen LogP contribution in [-0.2, 0) is 9.59 Å². The molecule has 0 aromatic carbocycles. The molecule has 0 radical (unpaired) electrons. The molecule has 0 atom stereocenters. The van der Waals surface area contributed by atoms with Crippen LogP contribution in [0.15, 0.2) is 0 Å². The van der Waals surface area contributed by atoms with Gasteiger partial charge in [0, 0.05) is 39.5 Å². The minimum Gasteiger partial charge on any atom is -0.343 e. The lowest BCUT2D eigenvalue weighted by Gasteiger charge is -2.31. The maximum absolute atomic E-state index is 12.2. The van der Waals surface area contributed by atoms with Gasteiger partial charge in [0.2, 0.25) is 11.8 Å². The van der Waals surface area contributed by atoms with Crippen molar-refractivity contribution >= 4 is 11.8 Å². The van der Waals surface area contributed by atoms with Crippen LogP contribution in [0, 0.1) is 5.92 Å². The van der Waals surface area contributed by atoms with E-state index < -0.39 is 0 Å². The molecule has 0 saturated carbocycles. The van der Waals surface area contributed by atoms with Crippen LogP contribution in [0.1, 0.15) is 39.5 Å². The average Bonchev–Trinajstić information content (AvgIpc) is 2.42. The highest BCUT2D eigenvalue weighted by Crippen LogP contribution is 2.16. The number of likely N-dealkylation sites (tertiary alicyclic amines) is 1. The lowest BCUT2D eigenvalue weighted by atomic mass is 9.99. The van der Waals surface area contributed by atoms with Crippen LogP contribution in [0.2, 0.25) is 0 Å². The summed E-state index contributed by atoms with van der Waals surface area (Å²) in [6, 6.07) is 0. The number of carbonyl (C=O) groups excluding carboxylic acids is 2. The van der Waals surface area contributed by atoms with Gasteiger partial charge in [0.05, 0.1) is 0 Å². The molecule has 0 aromatic heterocycles. The van der Waals surface area contributed by atoms with E-state index >= 15 is 0 Å². The molecule has 1 aliphatic rings. The van der Waals surface area contributed by atoms with Gasteiger partial charge < -0.3 is 14.7 Å². The minimum atomic E-state index is 0.0637. The molecule has 1 rings (SSSR count). The first kappa shape index (κ1) is 18.0. The summed E-state index contributed by atoms with van der Waals surface area (Å²) in [4.78, 5) is 29.7. The highest BCUT2D eigenvalue weighted by atomic mass is 16.2. The molecule has 0 aliphatic carbocycles. The second-order valence-electron chi connectivity index (χ2n) is 6.48. The molecule has 0 unspecified atom stereocenters. The van der Waals surface area contributed by atoms with E-state index in [-0.39, 0.29) is 11.8 Å². The van der Waals surface area contributed by atoms with Gasteiger partial charge in [-0.2, -0.15) is 0 Å². The van der Waals surface area contributed by atoms with Crippen molar-refractivity contribution in [3.63, 3.8) is 0 Å². The first-order valence-electron chi connectivity index (χ1n) is 8.08. The number of nitrogens with zero attached hydrogens (tertiary/aromatic N) is 3. The van der Waals surface area contributed by atoms with E-state index in [0.29, 0.717) is 13.0 Å². The predicted molar refractivity (Wildman–Crippen MR) is 85.0 cm³/mol. The van der Waals surface area contributed by atoms with Crippen molar-refractivity contribution in [2.75, 3.05) is 46.8 Å². The smallest absolute Gasteiger partial charge is 0.224 e. The van der Waals surface area contributed by atoms with Gasteiger partial charge in [0.1, 0.15) is 0 Å². The molecule has 122 valence electrons. The highest BCUT2D eigenvalue weighted by molar-refractivity contribution is 5.78. The molecule has 1 heterocycles. The number of hydrogen-bond donors (Lipinski definition) is 0. The van der Waals surface area contributed by atoms with Crippen LogP contribution in [0.4, 0.5) is 0 Å². The summed E-state index contributed by atoms with van der Waals surface area (Å²) < 4.78 is 0. The quantitative estimate of drug-likeness (QED) is 0.714. The second-order valence-corrected chi connectivity index (χ2v) is 6.48. The summed E-state index contributed by atoms with van der Waals surface area (Å²) in [5.41, 5.74) is 0. The zero-order valence-corrected chi connectivity index (χ0v) is 14.1. The van der Waals surface area contributed by atoms with Gasteiger partial charge in [-0.15, -0.1) is 0 Å². The van der Waals surface area contributed by atoms with Gasteiger partial charge >= 0.3 is 0 Å². The maximum Gasteiger partial charge on any atom is 0.224 e. The Morgan fingerprint density at radius 1 is 1.10 bits per heavy atom. The number of rotatable bonds is 7. The second kappa shape index (κ2) is 9.03. The Morgan fingerprint density at radius 2 is 1.71 bits per heavy atom. The highest BCUT2D eigenvalue weighted by Gasteiger charge is 2.21. The van der Waals surface area contributed by atoms with Crippen molar-refractivity contribution in [2.24, 2.45) is 5.92 Å². The Hall–Kier alpha value is -1.10. The number of amides is 2. The number of piperidine rings is 1. The van der Waals surface area contributed by atoms with Crippen LogP contribution in [-0.4, -0.2) is 73.3 Å². The number of carbonyl (C=O) groups is 2. The summed E-state index contributed by atoms with van der Waals surface area (Å²) in [6.07, 6.45) is 3.61. The van der Waals surface area contributed by atoms with Gasteiger partial charge in [0.15, 0.2) is 0 Å². The molecule has 0 N–H and O–H groups in total. The third-order valence-corrected chi connectivity index (χ3v) is 4.21. The van der Waals surface area contributed by atoms with Crippen molar-refractivity contribution in [3.05, 3.63) is 0 Å². The van der Waals surface area contributed by atoms with Gasteiger partial charge in [-0.3, -0.25) is 9.59 Å². The van der Waals surface area contributed by atoms with E-state index in [4.69, 9.17) is 0 Å². The van der Waals surface area contributed by atoms with E-state index in [2.05, 4.69) is 11.8 Å². The van der Waals surface area contributed by atoms with E-state index in [1.165, 1.54) is 0 Å². The van der Waals surface area contributed by atoms with E-state index in [1.54, 1.807) is 11.8 Å². The van der Waals surface area contributed by atoms with Crippen molar-refractivity contribution in [1.29, 1.82) is 0 Å². The van der Waals surface area contributed by atoms with Gasteiger partial charge in [-0.05, 0) is 45.8 Å². The maximum atomic E-state index is 12.2. The summed E-state index contributed by atoms with van der Waals surface area (Å²) in [5.74, 6) is 0.989. The Labute approximate surface area is 129 Å². The van der Waals surface area contributed by atoms with E-state index in [0.717, 1.165) is 51.4 Å². The molecule has 2 amide bonds. The summed E-state index contributed by atoms with van der Waals surface area (Å²) in [5, 5.41) is 0. The van der Waals surface area contributed by atoms with Crippen molar-refractivity contribution in [2.45, 2.75) is 39.5 Å². The Morgan fingerprint density at radius 3 is 2.24 bits per heavy atom. The first-order chi connectivity index (χ1) is 9.90. The van der Waals surface area contributed by atoms with E-state index in [9.17, 15) is 9.59 Å². The average molecular weight is 297 g/mol. The standard InChI is InChI=1S/C16H31N3O2/c1-14-6-11-19(12-7-14)16(21)8-13-18(15(2)20)10-5-9-17(3)4/h14H,5-13H2,1-4H3. The van der Waals surface area contributed by atoms with Crippen molar-refractivity contribution < 1.29 is 9.59 Å². The lowest BCUT2D eigenvalue weighted by molar-refractivity contribution is -0.134. The first-order valence-corrected chi connectivity index (χ1v) is 8.08. The molecule has 5 nitrogen and oxygen atoms in total.